The Bertz CT molecular complexity index is 412. The van der Waals surface area contributed by atoms with Crippen LogP contribution in [0.3, 0.4) is 0 Å². The molecule has 0 saturated heterocycles. The topological polar surface area (TPSA) is 34.9 Å². The molecule has 0 aliphatic rings. The lowest BCUT2D eigenvalue weighted by Crippen LogP contribution is -2.02. The van der Waals surface area contributed by atoms with Gasteiger partial charge in [0.1, 0.15) is 5.56 Å². The Morgan fingerprint density at radius 3 is 2.67 bits per heavy atom. The fraction of sp³-hybridized carbons (Fsp3) is 0.200. The number of halogens is 2. The molecule has 0 aliphatic heterocycles. The third kappa shape index (κ3) is 2.33. The summed E-state index contributed by atoms with van der Waals surface area (Å²) in [6, 6.07) is 0. The van der Waals surface area contributed by atoms with Crippen molar-refractivity contribution in [1.29, 1.82) is 0 Å². The molecule has 0 aliphatic carbocycles. The molecule has 0 radical (unpaired) electrons. The van der Waals surface area contributed by atoms with Gasteiger partial charge in [0.25, 0.3) is 5.24 Å². The zero-order valence-corrected chi connectivity index (χ0v) is 8.80. The molecule has 15 heavy (non-hydrogen) atoms. The van der Waals surface area contributed by atoms with Gasteiger partial charge in [-0.05, 0) is 11.6 Å². The first kappa shape index (κ1) is 11.7. The molecule has 0 spiro atoms. The van der Waals surface area contributed by atoms with Gasteiger partial charge >= 0.3 is 0 Å². The summed E-state index contributed by atoms with van der Waals surface area (Å²) in [5.74, 6) is -0.730. The first-order valence-electron chi connectivity index (χ1n) is 4.28. The van der Waals surface area contributed by atoms with Gasteiger partial charge in [-0.25, -0.2) is 4.68 Å². The number of hydrogen-bond acceptors (Lipinski definition) is 2. The number of nitrogens with zero attached hydrogens (tertiary/aromatic N) is 2. The summed E-state index contributed by atoms with van der Waals surface area (Å²) in [5.41, 5.74) is 0.114. The molecule has 1 rings (SSSR count). The summed E-state index contributed by atoms with van der Waals surface area (Å²) in [6.07, 6.45) is 3.31. The minimum Gasteiger partial charge on any atom is -0.275 e. The Morgan fingerprint density at radius 1 is 1.53 bits per heavy atom. The Labute approximate surface area is 91.8 Å². The lowest BCUT2D eigenvalue weighted by Gasteiger charge is -1.94. The van der Waals surface area contributed by atoms with Gasteiger partial charge < -0.3 is 0 Å². The number of rotatable bonds is 5. The minimum atomic E-state index is -0.848. The van der Waals surface area contributed by atoms with Crippen molar-refractivity contribution in [1.82, 2.24) is 9.78 Å². The number of allylic oxidation sites excluding steroid dienone is 2. The molecule has 0 atom stereocenters. The van der Waals surface area contributed by atoms with Crippen LogP contribution >= 0.6 is 11.6 Å². The molecule has 0 unspecified atom stereocenters. The van der Waals surface area contributed by atoms with Crippen molar-refractivity contribution in [3.63, 3.8) is 0 Å². The predicted octanol–water partition coefficient (Wildman–Crippen LogP) is 2.32. The third-order valence-electron chi connectivity index (χ3n) is 1.80. The maximum absolute atomic E-state index is 13.6. The first-order valence-corrected chi connectivity index (χ1v) is 4.66. The van der Waals surface area contributed by atoms with Gasteiger partial charge in [0, 0.05) is 6.42 Å². The lowest BCUT2D eigenvalue weighted by molar-refractivity contribution is 0.107. The number of hydrogen-bond donors (Lipinski definition) is 0. The highest BCUT2D eigenvalue weighted by atomic mass is 35.5. The van der Waals surface area contributed by atoms with Crippen LogP contribution in [-0.2, 0) is 13.0 Å². The maximum atomic E-state index is 13.6. The summed E-state index contributed by atoms with van der Waals surface area (Å²) >= 11 is 5.27. The maximum Gasteiger partial charge on any atom is 0.258 e. The van der Waals surface area contributed by atoms with Crippen LogP contribution in [0.2, 0.25) is 0 Å². The van der Waals surface area contributed by atoms with Crippen molar-refractivity contribution in [3.8, 4) is 0 Å². The van der Waals surface area contributed by atoms with E-state index in [1.165, 1.54) is 12.2 Å². The summed E-state index contributed by atoms with van der Waals surface area (Å²) < 4.78 is 14.6. The summed E-state index contributed by atoms with van der Waals surface area (Å²) in [4.78, 5) is 11.0. The Kier molecular flexibility index (Phi) is 3.80. The monoisotopic (exact) mass is 228 g/mol. The van der Waals surface area contributed by atoms with Crippen LogP contribution in [0.1, 0.15) is 16.1 Å². The van der Waals surface area contributed by atoms with Crippen molar-refractivity contribution in [2.75, 3.05) is 0 Å². The molecule has 0 fully saturated rings. The lowest BCUT2D eigenvalue weighted by atomic mass is 10.2. The van der Waals surface area contributed by atoms with Crippen molar-refractivity contribution in [2.24, 2.45) is 0 Å². The fourth-order valence-corrected chi connectivity index (χ4v) is 1.39. The van der Waals surface area contributed by atoms with Crippen LogP contribution in [0.4, 0.5) is 4.39 Å². The third-order valence-corrected chi connectivity index (χ3v) is 1.99. The van der Waals surface area contributed by atoms with Crippen molar-refractivity contribution >= 4 is 16.8 Å². The highest BCUT2D eigenvalue weighted by molar-refractivity contribution is 6.67. The van der Waals surface area contributed by atoms with E-state index >= 15 is 0 Å². The molecule has 1 aromatic rings. The standard InChI is InChI=1S/C10H10ClFN2O/c1-3-5-7-8(9(11)15)10(12)14(13-7)6-4-2/h3-4H,1-2,5-6H2. The Balaban J connectivity index is 3.24. The van der Waals surface area contributed by atoms with Gasteiger partial charge in [-0.15, -0.1) is 13.2 Å². The first-order chi connectivity index (χ1) is 7.11. The molecular formula is C10H10ClFN2O. The molecule has 3 nitrogen and oxygen atoms in total. The second-order valence-corrected chi connectivity index (χ2v) is 3.19. The van der Waals surface area contributed by atoms with E-state index in [0.29, 0.717) is 12.1 Å². The molecule has 1 aromatic heterocycles. The van der Waals surface area contributed by atoms with Gasteiger partial charge in [0.05, 0.1) is 12.2 Å². The highest BCUT2D eigenvalue weighted by Crippen LogP contribution is 2.16. The van der Waals surface area contributed by atoms with E-state index in [9.17, 15) is 9.18 Å². The van der Waals surface area contributed by atoms with Crippen LogP contribution in [-0.4, -0.2) is 15.0 Å². The summed E-state index contributed by atoms with van der Waals surface area (Å²) in [7, 11) is 0. The molecule has 0 bridgehead atoms. The summed E-state index contributed by atoms with van der Waals surface area (Å²) in [5, 5.41) is 3.06. The second-order valence-electron chi connectivity index (χ2n) is 2.85. The van der Waals surface area contributed by atoms with Gasteiger partial charge in [0.2, 0.25) is 5.95 Å². The predicted molar refractivity (Wildman–Crippen MR) is 56.5 cm³/mol. The number of carbonyl (C=O) groups is 1. The van der Waals surface area contributed by atoms with Crippen LogP contribution in [0.5, 0.6) is 0 Å². The molecule has 0 saturated carbocycles. The molecule has 0 N–H and O–H groups in total. The normalized spacial score (nSPS) is 10.0. The highest BCUT2D eigenvalue weighted by Gasteiger charge is 2.21. The van der Waals surface area contributed by atoms with E-state index in [4.69, 9.17) is 11.6 Å². The van der Waals surface area contributed by atoms with Crippen LogP contribution < -0.4 is 0 Å². The van der Waals surface area contributed by atoms with Crippen molar-refractivity contribution < 1.29 is 9.18 Å². The van der Waals surface area contributed by atoms with E-state index in [-0.39, 0.29) is 12.1 Å². The smallest absolute Gasteiger partial charge is 0.258 e. The molecular weight excluding hydrogens is 219 g/mol. The Morgan fingerprint density at radius 2 is 2.20 bits per heavy atom. The SMILES string of the molecule is C=CCc1nn(CC=C)c(F)c1C(=O)Cl. The van der Waals surface area contributed by atoms with Crippen LogP contribution in [0, 0.1) is 5.95 Å². The molecule has 0 amide bonds. The second kappa shape index (κ2) is 4.89. The molecule has 1 heterocycles. The minimum absolute atomic E-state index is 0.182. The zero-order valence-electron chi connectivity index (χ0n) is 8.04. The Hall–Kier alpha value is -1.42. The molecule has 5 heteroatoms. The fourth-order valence-electron chi connectivity index (χ4n) is 1.21. The average molecular weight is 229 g/mol. The van der Waals surface area contributed by atoms with E-state index < -0.39 is 11.2 Å². The van der Waals surface area contributed by atoms with E-state index in [2.05, 4.69) is 18.3 Å². The van der Waals surface area contributed by atoms with E-state index in [1.807, 2.05) is 0 Å². The van der Waals surface area contributed by atoms with Gasteiger partial charge in [-0.1, -0.05) is 12.2 Å². The van der Waals surface area contributed by atoms with Crippen LogP contribution in [0.25, 0.3) is 0 Å². The quantitative estimate of drug-likeness (QED) is 0.573. The van der Waals surface area contributed by atoms with Crippen LogP contribution in [0.15, 0.2) is 25.3 Å². The largest absolute Gasteiger partial charge is 0.275 e. The zero-order chi connectivity index (χ0) is 11.4. The number of carbonyl (C=O) groups excluding carboxylic acids is 1. The summed E-state index contributed by atoms with van der Waals surface area (Å²) in [6.45, 7) is 7.15. The van der Waals surface area contributed by atoms with Gasteiger partial charge in [-0.2, -0.15) is 9.49 Å². The van der Waals surface area contributed by atoms with Gasteiger partial charge in [-0.3, -0.25) is 4.79 Å². The van der Waals surface area contributed by atoms with E-state index in [1.54, 1.807) is 0 Å². The van der Waals surface area contributed by atoms with Crippen molar-refractivity contribution in [2.45, 2.75) is 13.0 Å². The molecule has 0 aromatic carbocycles. The average Bonchev–Trinajstić information content (AvgIpc) is 2.45. The van der Waals surface area contributed by atoms with Crippen molar-refractivity contribution in [3.05, 3.63) is 42.5 Å². The number of aromatic nitrogens is 2. The molecule has 80 valence electrons. The van der Waals surface area contributed by atoms with Gasteiger partial charge in [0.15, 0.2) is 0 Å². The van der Waals surface area contributed by atoms with E-state index in [0.717, 1.165) is 4.68 Å².